The van der Waals surface area contributed by atoms with Crippen molar-refractivity contribution in [3.63, 3.8) is 0 Å². The first-order valence-electron chi connectivity index (χ1n) is 6.47. The minimum Gasteiger partial charge on any atom is -0.339 e. The van der Waals surface area contributed by atoms with Gasteiger partial charge in [0.1, 0.15) is 0 Å². The van der Waals surface area contributed by atoms with Gasteiger partial charge in [0, 0.05) is 18.5 Å². The highest BCUT2D eigenvalue weighted by Crippen LogP contribution is 2.29. The first kappa shape index (κ1) is 14.0. The van der Waals surface area contributed by atoms with Gasteiger partial charge in [0.2, 0.25) is 11.7 Å². The molecule has 3 rings (SSSR count). The molecule has 0 atom stereocenters. The van der Waals surface area contributed by atoms with E-state index >= 15 is 0 Å². The fraction of sp³-hybridized carbons (Fsp3) is 0.429. The maximum atomic E-state index is 5.57. The third-order valence-electron chi connectivity index (χ3n) is 3.60. The Morgan fingerprint density at radius 3 is 2.53 bits per heavy atom. The summed E-state index contributed by atoms with van der Waals surface area (Å²) in [6.07, 6.45) is 4.85. The molecule has 0 radical (unpaired) electrons. The predicted molar refractivity (Wildman–Crippen MR) is 75.9 cm³/mol. The number of nitrogens with two attached hydrogens (primary N) is 1. The summed E-state index contributed by atoms with van der Waals surface area (Å²) in [6.45, 7) is 0.555. The van der Waals surface area contributed by atoms with Crippen LogP contribution in [0.4, 0.5) is 0 Å². The van der Waals surface area contributed by atoms with Crippen LogP contribution in [0.5, 0.6) is 0 Å². The van der Waals surface area contributed by atoms with Crippen molar-refractivity contribution < 1.29 is 4.52 Å². The van der Waals surface area contributed by atoms with Gasteiger partial charge in [-0.3, -0.25) is 0 Å². The van der Waals surface area contributed by atoms with E-state index in [0.29, 0.717) is 12.4 Å². The lowest BCUT2D eigenvalue weighted by molar-refractivity contribution is 0.273. The van der Waals surface area contributed by atoms with E-state index in [0.717, 1.165) is 29.4 Å². The van der Waals surface area contributed by atoms with Gasteiger partial charge in [0.15, 0.2) is 0 Å². The lowest BCUT2D eigenvalue weighted by Crippen LogP contribution is -2.13. The zero-order chi connectivity index (χ0) is 12.4. The number of benzene rings is 1. The summed E-state index contributed by atoms with van der Waals surface area (Å²) in [5.74, 6) is 2.18. The maximum absolute atomic E-state index is 5.57. The van der Waals surface area contributed by atoms with E-state index in [2.05, 4.69) is 10.1 Å². The lowest BCUT2D eigenvalue weighted by atomic mass is 9.83. The fourth-order valence-corrected chi connectivity index (χ4v) is 2.19. The minimum absolute atomic E-state index is 0. The Morgan fingerprint density at radius 2 is 1.95 bits per heavy atom. The van der Waals surface area contributed by atoms with Gasteiger partial charge in [0.25, 0.3) is 0 Å². The molecular weight excluding hydrogens is 262 g/mol. The number of aromatic nitrogens is 2. The Morgan fingerprint density at radius 1 is 1.21 bits per heavy atom. The Bertz CT molecular complexity index is 520. The molecule has 1 heterocycles. The van der Waals surface area contributed by atoms with Crippen molar-refractivity contribution in [1.82, 2.24) is 10.1 Å². The Kier molecular flexibility index (Phi) is 4.56. The first-order valence-corrected chi connectivity index (χ1v) is 6.47. The van der Waals surface area contributed by atoms with Crippen molar-refractivity contribution in [1.29, 1.82) is 0 Å². The van der Waals surface area contributed by atoms with Gasteiger partial charge in [-0.1, -0.05) is 35.8 Å². The van der Waals surface area contributed by atoms with Crippen LogP contribution in [-0.4, -0.2) is 10.1 Å². The molecule has 1 fully saturated rings. The van der Waals surface area contributed by atoms with E-state index < -0.39 is 0 Å². The summed E-state index contributed by atoms with van der Waals surface area (Å²) >= 11 is 0. The molecule has 5 heteroatoms. The standard InChI is InChI=1S/C14H17N3O.ClH/c15-9-11-4-6-12(7-5-11)14-16-13(18-17-14)8-10-2-1-3-10;/h4-7,10H,1-3,8-9,15H2;1H. The molecule has 0 spiro atoms. The summed E-state index contributed by atoms with van der Waals surface area (Å²) in [6, 6.07) is 7.97. The highest BCUT2D eigenvalue weighted by Gasteiger charge is 2.21. The third-order valence-corrected chi connectivity index (χ3v) is 3.60. The van der Waals surface area contributed by atoms with Gasteiger partial charge in [-0.2, -0.15) is 4.98 Å². The minimum atomic E-state index is 0. The normalized spacial score (nSPS) is 14.8. The molecule has 0 saturated heterocycles. The summed E-state index contributed by atoms with van der Waals surface area (Å²) in [5, 5.41) is 4.04. The molecule has 0 amide bonds. The second-order valence-corrected chi connectivity index (χ2v) is 4.91. The molecule has 2 N–H and O–H groups in total. The van der Waals surface area contributed by atoms with Gasteiger partial charge in [-0.05, 0) is 24.3 Å². The van der Waals surface area contributed by atoms with Gasteiger partial charge < -0.3 is 10.3 Å². The van der Waals surface area contributed by atoms with Crippen LogP contribution in [0.25, 0.3) is 11.4 Å². The topological polar surface area (TPSA) is 64.9 Å². The average molecular weight is 280 g/mol. The zero-order valence-corrected chi connectivity index (χ0v) is 11.5. The summed E-state index contributed by atoms with van der Waals surface area (Å²) < 4.78 is 5.30. The molecule has 0 aliphatic heterocycles. The molecule has 0 bridgehead atoms. The van der Waals surface area contributed by atoms with E-state index in [9.17, 15) is 0 Å². The molecule has 2 aromatic rings. The number of hydrogen-bond donors (Lipinski definition) is 1. The van der Waals surface area contributed by atoms with E-state index in [-0.39, 0.29) is 12.4 Å². The third kappa shape index (κ3) is 3.14. The van der Waals surface area contributed by atoms with Crippen LogP contribution in [0.1, 0.15) is 30.7 Å². The monoisotopic (exact) mass is 279 g/mol. The van der Waals surface area contributed by atoms with Crippen LogP contribution < -0.4 is 5.73 Å². The van der Waals surface area contributed by atoms with Gasteiger partial charge in [0.05, 0.1) is 0 Å². The quantitative estimate of drug-likeness (QED) is 0.934. The van der Waals surface area contributed by atoms with Gasteiger partial charge in [-0.15, -0.1) is 12.4 Å². The molecule has 4 nitrogen and oxygen atoms in total. The van der Waals surface area contributed by atoms with Crippen LogP contribution in [-0.2, 0) is 13.0 Å². The number of rotatable bonds is 4. The smallest absolute Gasteiger partial charge is 0.227 e. The SMILES string of the molecule is Cl.NCc1ccc(-c2noc(CC3CCC3)n2)cc1. The maximum Gasteiger partial charge on any atom is 0.227 e. The van der Waals surface area contributed by atoms with E-state index in [1.54, 1.807) is 0 Å². The van der Waals surface area contributed by atoms with Gasteiger partial charge in [-0.25, -0.2) is 0 Å². The predicted octanol–water partition coefficient (Wildman–Crippen LogP) is 2.96. The highest BCUT2D eigenvalue weighted by molar-refractivity contribution is 5.85. The Hall–Kier alpha value is -1.39. The zero-order valence-electron chi connectivity index (χ0n) is 10.7. The van der Waals surface area contributed by atoms with Crippen LogP contribution in [0.15, 0.2) is 28.8 Å². The van der Waals surface area contributed by atoms with Crippen molar-refractivity contribution in [3.05, 3.63) is 35.7 Å². The molecule has 1 saturated carbocycles. The van der Waals surface area contributed by atoms with Crippen LogP contribution in [0.2, 0.25) is 0 Å². The van der Waals surface area contributed by atoms with Crippen molar-refractivity contribution in [2.75, 3.05) is 0 Å². The highest BCUT2D eigenvalue weighted by atomic mass is 35.5. The lowest BCUT2D eigenvalue weighted by Gasteiger charge is -2.23. The molecule has 1 aromatic carbocycles. The van der Waals surface area contributed by atoms with Crippen LogP contribution in [0.3, 0.4) is 0 Å². The molecule has 0 unspecified atom stereocenters. The van der Waals surface area contributed by atoms with Crippen molar-refractivity contribution in [3.8, 4) is 11.4 Å². The fourth-order valence-electron chi connectivity index (χ4n) is 2.19. The van der Waals surface area contributed by atoms with Crippen molar-refractivity contribution >= 4 is 12.4 Å². The molecule has 102 valence electrons. The van der Waals surface area contributed by atoms with E-state index in [1.165, 1.54) is 19.3 Å². The number of hydrogen-bond acceptors (Lipinski definition) is 4. The van der Waals surface area contributed by atoms with Crippen LogP contribution >= 0.6 is 12.4 Å². The van der Waals surface area contributed by atoms with Crippen LogP contribution in [0, 0.1) is 5.92 Å². The molecule has 1 aromatic heterocycles. The van der Waals surface area contributed by atoms with Gasteiger partial charge >= 0.3 is 0 Å². The largest absolute Gasteiger partial charge is 0.339 e. The number of halogens is 1. The molecular formula is C14H18ClN3O. The molecule has 1 aliphatic carbocycles. The van der Waals surface area contributed by atoms with Crippen molar-refractivity contribution in [2.24, 2.45) is 11.7 Å². The summed E-state index contributed by atoms with van der Waals surface area (Å²) in [5.41, 5.74) is 7.66. The molecule has 19 heavy (non-hydrogen) atoms. The second-order valence-electron chi connectivity index (χ2n) is 4.91. The second kappa shape index (κ2) is 6.17. The molecule has 1 aliphatic rings. The Balaban J connectivity index is 0.00000133. The van der Waals surface area contributed by atoms with E-state index in [4.69, 9.17) is 10.3 Å². The Labute approximate surface area is 118 Å². The summed E-state index contributed by atoms with van der Waals surface area (Å²) in [4.78, 5) is 4.45. The number of nitrogens with zero attached hydrogens (tertiary/aromatic N) is 2. The van der Waals surface area contributed by atoms with Crippen molar-refractivity contribution in [2.45, 2.75) is 32.2 Å². The average Bonchev–Trinajstić information content (AvgIpc) is 2.83. The van der Waals surface area contributed by atoms with E-state index in [1.807, 2.05) is 24.3 Å². The first-order chi connectivity index (χ1) is 8.85. The summed E-state index contributed by atoms with van der Waals surface area (Å²) in [7, 11) is 0.